The molecule has 2 heterocycles. The Morgan fingerprint density at radius 1 is 1.08 bits per heavy atom. The summed E-state index contributed by atoms with van der Waals surface area (Å²) in [5, 5.41) is 2.94. The molecule has 0 radical (unpaired) electrons. The van der Waals surface area contributed by atoms with Gasteiger partial charge in [-0.25, -0.2) is 4.79 Å². The molecule has 25 heavy (non-hydrogen) atoms. The van der Waals surface area contributed by atoms with Crippen LogP contribution in [0.15, 0.2) is 18.2 Å². The number of carbonyl (C=O) groups excluding carboxylic acids is 3. The second-order valence-corrected chi connectivity index (χ2v) is 8.03. The normalized spacial score (nSPS) is 21.3. The van der Waals surface area contributed by atoms with Crippen molar-refractivity contribution >= 4 is 29.2 Å². The Labute approximate surface area is 148 Å². The molecule has 1 aromatic rings. The van der Waals surface area contributed by atoms with Crippen molar-refractivity contribution in [1.82, 2.24) is 4.90 Å². The SMILES string of the molecule is Cc1c(NC(=O)N2CC(C)(C)C2(C)C)cccc1N1C(=O)CCC1=O. The Balaban J connectivity index is 1.83. The maximum atomic E-state index is 12.7. The van der Waals surface area contributed by atoms with Crippen LogP contribution in [-0.2, 0) is 9.59 Å². The number of hydrogen-bond acceptors (Lipinski definition) is 3. The fraction of sp³-hybridized carbons (Fsp3) is 0.526. The lowest BCUT2D eigenvalue weighted by atomic mass is 9.65. The van der Waals surface area contributed by atoms with Crippen molar-refractivity contribution < 1.29 is 14.4 Å². The van der Waals surface area contributed by atoms with E-state index in [-0.39, 0.29) is 41.6 Å². The van der Waals surface area contributed by atoms with Gasteiger partial charge in [0.25, 0.3) is 0 Å². The van der Waals surface area contributed by atoms with Gasteiger partial charge in [-0.2, -0.15) is 0 Å². The molecule has 0 saturated carbocycles. The number of benzene rings is 1. The summed E-state index contributed by atoms with van der Waals surface area (Å²) in [5.41, 5.74) is 1.72. The van der Waals surface area contributed by atoms with E-state index >= 15 is 0 Å². The van der Waals surface area contributed by atoms with Crippen LogP contribution in [0.4, 0.5) is 16.2 Å². The summed E-state index contributed by atoms with van der Waals surface area (Å²) in [6.07, 6.45) is 0.484. The first kappa shape index (κ1) is 17.5. The maximum absolute atomic E-state index is 12.7. The second kappa shape index (κ2) is 5.58. The van der Waals surface area contributed by atoms with Crippen molar-refractivity contribution in [2.75, 3.05) is 16.8 Å². The number of rotatable bonds is 2. The molecular weight excluding hydrogens is 318 g/mol. The maximum Gasteiger partial charge on any atom is 0.322 e. The fourth-order valence-electron chi connectivity index (χ4n) is 3.42. The molecule has 2 aliphatic heterocycles. The molecule has 0 aliphatic carbocycles. The van der Waals surface area contributed by atoms with Crippen LogP contribution in [0.25, 0.3) is 0 Å². The van der Waals surface area contributed by atoms with E-state index in [0.29, 0.717) is 17.9 Å². The topological polar surface area (TPSA) is 69.7 Å². The smallest absolute Gasteiger partial charge is 0.318 e. The third-order valence-corrected chi connectivity index (χ3v) is 5.97. The highest BCUT2D eigenvalue weighted by Crippen LogP contribution is 2.46. The average molecular weight is 343 g/mol. The standard InChI is InChI=1S/C19H25N3O3/c1-12-13(20-17(25)21-11-18(2,3)19(21,4)5)7-6-8-14(12)22-15(23)9-10-16(22)24/h6-8H,9-11H2,1-5H3,(H,20,25). The number of carbonyl (C=O) groups is 3. The molecule has 6 heteroatoms. The minimum atomic E-state index is -0.233. The Morgan fingerprint density at radius 2 is 1.68 bits per heavy atom. The average Bonchev–Trinajstić information content (AvgIpc) is 2.86. The molecule has 6 nitrogen and oxygen atoms in total. The summed E-state index contributed by atoms with van der Waals surface area (Å²) in [6.45, 7) is 10.9. The number of nitrogens with one attached hydrogen (secondary N) is 1. The third kappa shape index (κ3) is 2.60. The van der Waals surface area contributed by atoms with Gasteiger partial charge in [-0.1, -0.05) is 19.9 Å². The molecule has 0 atom stereocenters. The van der Waals surface area contributed by atoms with Crippen molar-refractivity contribution in [3.63, 3.8) is 0 Å². The van der Waals surface area contributed by atoms with Gasteiger partial charge in [-0.05, 0) is 38.5 Å². The molecule has 2 fully saturated rings. The minimum absolute atomic E-state index is 0.0651. The zero-order valence-electron chi connectivity index (χ0n) is 15.5. The first-order valence-corrected chi connectivity index (χ1v) is 8.60. The van der Waals surface area contributed by atoms with E-state index in [1.54, 1.807) is 18.2 Å². The highest BCUT2D eigenvalue weighted by molar-refractivity contribution is 6.20. The summed E-state index contributed by atoms with van der Waals surface area (Å²) in [6, 6.07) is 5.12. The molecule has 134 valence electrons. The Hall–Kier alpha value is -2.37. The number of hydrogen-bond donors (Lipinski definition) is 1. The van der Waals surface area contributed by atoms with Gasteiger partial charge in [0.05, 0.1) is 5.69 Å². The van der Waals surface area contributed by atoms with E-state index < -0.39 is 0 Å². The molecule has 0 spiro atoms. The third-order valence-electron chi connectivity index (χ3n) is 5.97. The van der Waals surface area contributed by atoms with E-state index in [4.69, 9.17) is 0 Å². The van der Waals surface area contributed by atoms with E-state index in [0.717, 1.165) is 5.56 Å². The molecule has 2 aliphatic rings. The van der Waals surface area contributed by atoms with E-state index in [9.17, 15) is 14.4 Å². The Bertz CT molecular complexity index is 751. The lowest BCUT2D eigenvalue weighted by molar-refractivity contribution is -0.121. The molecule has 1 aromatic carbocycles. The van der Waals surface area contributed by atoms with Gasteiger partial charge < -0.3 is 10.2 Å². The lowest BCUT2D eigenvalue weighted by Crippen LogP contribution is -2.71. The number of anilines is 2. The second-order valence-electron chi connectivity index (χ2n) is 8.03. The van der Waals surface area contributed by atoms with Crippen LogP contribution in [0.2, 0.25) is 0 Å². The molecule has 3 rings (SSSR count). The van der Waals surface area contributed by atoms with Crippen LogP contribution in [0, 0.1) is 12.3 Å². The van der Waals surface area contributed by atoms with Crippen molar-refractivity contribution in [1.29, 1.82) is 0 Å². The molecule has 1 N–H and O–H groups in total. The number of urea groups is 1. The zero-order valence-corrected chi connectivity index (χ0v) is 15.5. The molecule has 2 saturated heterocycles. The first-order valence-electron chi connectivity index (χ1n) is 8.60. The summed E-state index contributed by atoms with van der Waals surface area (Å²) in [5.74, 6) is -0.385. The predicted octanol–water partition coefficient (Wildman–Crippen LogP) is 3.30. The summed E-state index contributed by atoms with van der Waals surface area (Å²) in [7, 11) is 0. The van der Waals surface area contributed by atoms with Gasteiger partial charge >= 0.3 is 6.03 Å². The highest BCUT2D eigenvalue weighted by Gasteiger charge is 2.54. The fourth-order valence-corrected chi connectivity index (χ4v) is 3.42. The summed E-state index contributed by atoms with van der Waals surface area (Å²) < 4.78 is 0. The van der Waals surface area contributed by atoms with Crippen LogP contribution < -0.4 is 10.2 Å². The minimum Gasteiger partial charge on any atom is -0.318 e. The Kier molecular flexibility index (Phi) is 3.89. The van der Waals surface area contributed by atoms with Crippen molar-refractivity contribution in [3.05, 3.63) is 23.8 Å². The summed E-state index contributed by atoms with van der Waals surface area (Å²) >= 11 is 0. The zero-order chi connectivity index (χ0) is 18.6. The summed E-state index contributed by atoms with van der Waals surface area (Å²) in [4.78, 5) is 39.7. The van der Waals surface area contributed by atoms with Crippen LogP contribution in [0.5, 0.6) is 0 Å². The number of amides is 4. The Morgan fingerprint density at radius 3 is 2.20 bits per heavy atom. The lowest BCUT2D eigenvalue weighted by Gasteiger charge is -2.60. The molecule has 4 amide bonds. The number of likely N-dealkylation sites (tertiary alicyclic amines) is 1. The molecule has 0 unspecified atom stereocenters. The highest BCUT2D eigenvalue weighted by atomic mass is 16.2. The van der Waals surface area contributed by atoms with E-state index in [1.165, 1.54) is 4.90 Å². The van der Waals surface area contributed by atoms with E-state index in [1.807, 2.05) is 11.8 Å². The van der Waals surface area contributed by atoms with Crippen molar-refractivity contribution in [2.45, 2.75) is 53.0 Å². The van der Waals surface area contributed by atoms with Gasteiger partial charge in [0.15, 0.2) is 0 Å². The molecule has 0 bridgehead atoms. The van der Waals surface area contributed by atoms with Gasteiger partial charge in [0, 0.05) is 36.0 Å². The molecule has 0 aromatic heterocycles. The van der Waals surface area contributed by atoms with Crippen LogP contribution in [0.3, 0.4) is 0 Å². The quantitative estimate of drug-likeness (QED) is 0.838. The largest absolute Gasteiger partial charge is 0.322 e. The van der Waals surface area contributed by atoms with Crippen LogP contribution >= 0.6 is 0 Å². The molecular formula is C19H25N3O3. The van der Waals surface area contributed by atoms with Gasteiger partial charge in [0.2, 0.25) is 11.8 Å². The predicted molar refractivity (Wildman–Crippen MR) is 96.5 cm³/mol. The van der Waals surface area contributed by atoms with Crippen molar-refractivity contribution in [2.24, 2.45) is 5.41 Å². The van der Waals surface area contributed by atoms with Crippen LogP contribution in [-0.4, -0.2) is 34.8 Å². The van der Waals surface area contributed by atoms with E-state index in [2.05, 4.69) is 33.0 Å². The van der Waals surface area contributed by atoms with Crippen LogP contribution in [0.1, 0.15) is 46.1 Å². The number of nitrogens with zero attached hydrogens (tertiary/aromatic N) is 2. The monoisotopic (exact) mass is 343 g/mol. The number of imide groups is 1. The first-order chi connectivity index (χ1) is 11.6. The van der Waals surface area contributed by atoms with Gasteiger partial charge in [-0.15, -0.1) is 0 Å². The van der Waals surface area contributed by atoms with Crippen molar-refractivity contribution in [3.8, 4) is 0 Å². The van der Waals surface area contributed by atoms with Gasteiger partial charge in [0.1, 0.15) is 0 Å². The van der Waals surface area contributed by atoms with Gasteiger partial charge in [-0.3, -0.25) is 14.5 Å².